The van der Waals surface area contributed by atoms with E-state index >= 15 is 0 Å². The maximum absolute atomic E-state index is 5.91. The third kappa shape index (κ3) is 5.66. The number of benzene rings is 1. The number of morpholine rings is 1. The number of nitrogens with two attached hydrogens (primary N) is 1. The molecular weight excluding hydrogens is 276 g/mol. The highest BCUT2D eigenvalue weighted by atomic mass is 16.5. The predicted molar refractivity (Wildman–Crippen MR) is 90.8 cm³/mol. The van der Waals surface area contributed by atoms with Gasteiger partial charge in [0.25, 0.3) is 0 Å². The Kier molecular flexibility index (Phi) is 7.19. The van der Waals surface area contributed by atoms with Gasteiger partial charge >= 0.3 is 0 Å². The molecule has 0 aromatic heterocycles. The summed E-state index contributed by atoms with van der Waals surface area (Å²) in [5.41, 5.74) is 8.48. The third-order valence-corrected chi connectivity index (χ3v) is 3.87. The lowest BCUT2D eigenvalue weighted by atomic mass is 10.1. The Bertz CT molecular complexity index is 469. The van der Waals surface area contributed by atoms with Crippen LogP contribution in [-0.2, 0) is 17.8 Å². The van der Waals surface area contributed by atoms with Gasteiger partial charge in [0.1, 0.15) is 0 Å². The van der Waals surface area contributed by atoms with Crippen LogP contribution in [0.25, 0.3) is 0 Å². The summed E-state index contributed by atoms with van der Waals surface area (Å²) in [7, 11) is 0. The van der Waals surface area contributed by atoms with E-state index in [2.05, 4.69) is 46.4 Å². The Morgan fingerprint density at radius 1 is 1.27 bits per heavy atom. The number of aliphatic imine (C=N–C) groups is 1. The SMILES string of the molecule is CCCCNC(N)=NCc1ccccc1CN1CCOCC1. The van der Waals surface area contributed by atoms with Crippen LogP contribution >= 0.6 is 0 Å². The van der Waals surface area contributed by atoms with Crippen molar-refractivity contribution in [3.63, 3.8) is 0 Å². The standard InChI is InChI=1S/C17H28N4O/c1-2-3-8-19-17(18)20-13-15-6-4-5-7-16(15)14-21-9-11-22-12-10-21/h4-7H,2-3,8-14H2,1H3,(H3,18,19,20). The Labute approximate surface area is 133 Å². The van der Waals surface area contributed by atoms with E-state index in [-0.39, 0.29) is 0 Å². The summed E-state index contributed by atoms with van der Waals surface area (Å²) in [6.07, 6.45) is 2.27. The molecule has 2 rings (SSSR count). The second-order valence-corrected chi connectivity index (χ2v) is 5.64. The summed E-state index contributed by atoms with van der Waals surface area (Å²) in [6.45, 7) is 8.29. The van der Waals surface area contributed by atoms with Crippen molar-refractivity contribution >= 4 is 5.96 Å². The van der Waals surface area contributed by atoms with Crippen LogP contribution in [0.2, 0.25) is 0 Å². The molecule has 1 aromatic carbocycles. The lowest BCUT2D eigenvalue weighted by molar-refractivity contribution is 0.0341. The second-order valence-electron chi connectivity index (χ2n) is 5.64. The fourth-order valence-corrected chi connectivity index (χ4v) is 2.49. The number of ether oxygens (including phenoxy) is 1. The van der Waals surface area contributed by atoms with Crippen LogP contribution in [0.1, 0.15) is 30.9 Å². The summed E-state index contributed by atoms with van der Waals surface area (Å²) < 4.78 is 5.41. The van der Waals surface area contributed by atoms with E-state index in [9.17, 15) is 0 Å². The number of hydrogen-bond donors (Lipinski definition) is 2. The maximum atomic E-state index is 5.91. The first-order valence-corrected chi connectivity index (χ1v) is 8.20. The molecule has 1 fully saturated rings. The Balaban J connectivity index is 1.91. The average molecular weight is 304 g/mol. The van der Waals surface area contributed by atoms with Crippen molar-refractivity contribution in [3.05, 3.63) is 35.4 Å². The average Bonchev–Trinajstić information content (AvgIpc) is 2.55. The highest BCUT2D eigenvalue weighted by Crippen LogP contribution is 2.14. The van der Waals surface area contributed by atoms with Gasteiger partial charge in [-0.2, -0.15) is 0 Å². The quantitative estimate of drug-likeness (QED) is 0.457. The predicted octanol–water partition coefficient (Wildman–Crippen LogP) is 1.72. The Hall–Kier alpha value is -1.59. The van der Waals surface area contributed by atoms with E-state index in [0.29, 0.717) is 12.5 Å². The molecule has 122 valence electrons. The van der Waals surface area contributed by atoms with E-state index in [1.54, 1.807) is 0 Å². The molecule has 3 N–H and O–H groups in total. The molecule has 0 atom stereocenters. The lowest BCUT2D eigenvalue weighted by Gasteiger charge is -2.27. The second kappa shape index (κ2) is 9.43. The van der Waals surface area contributed by atoms with Crippen LogP contribution in [0.5, 0.6) is 0 Å². The molecule has 22 heavy (non-hydrogen) atoms. The summed E-state index contributed by atoms with van der Waals surface area (Å²) in [6, 6.07) is 8.47. The molecule has 0 radical (unpaired) electrons. The normalized spacial score (nSPS) is 16.7. The zero-order valence-corrected chi connectivity index (χ0v) is 13.6. The van der Waals surface area contributed by atoms with Gasteiger partial charge < -0.3 is 15.8 Å². The summed E-state index contributed by atoms with van der Waals surface area (Å²) in [5.74, 6) is 0.537. The minimum atomic E-state index is 0.537. The zero-order chi connectivity index (χ0) is 15.6. The topological polar surface area (TPSA) is 62.9 Å². The molecule has 0 aliphatic carbocycles. The lowest BCUT2D eigenvalue weighted by Crippen LogP contribution is -2.36. The van der Waals surface area contributed by atoms with Crippen molar-refractivity contribution in [3.8, 4) is 0 Å². The van der Waals surface area contributed by atoms with Gasteiger partial charge in [0.2, 0.25) is 0 Å². The number of hydrogen-bond acceptors (Lipinski definition) is 3. The minimum Gasteiger partial charge on any atom is -0.379 e. The molecule has 0 saturated carbocycles. The molecule has 0 bridgehead atoms. The molecule has 5 heteroatoms. The van der Waals surface area contributed by atoms with Gasteiger partial charge in [0, 0.05) is 26.2 Å². The summed E-state index contributed by atoms with van der Waals surface area (Å²) in [5, 5.41) is 3.16. The first kappa shape index (κ1) is 16.8. The van der Waals surface area contributed by atoms with Crippen LogP contribution in [0.3, 0.4) is 0 Å². The zero-order valence-electron chi connectivity index (χ0n) is 13.6. The van der Waals surface area contributed by atoms with Crippen LogP contribution in [0.15, 0.2) is 29.3 Å². The van der Waals surface area contributed by atoms with E-state index in [1.165, 1.54) is 11.1 Å². The summed E-state index contributed by atoms with van der Waals surface area (Å²) >= 11 is 0. The molecule has 5 nitrogen and oxygen atoms in total. The van der Waals surface area contributed by atoms with Crippen molar-refractivity contribution < 1.29 is 4.74 Å². The first-order valence-electron chi connectivity index (χ1n) is 8.20. The van der Waals surface area contributed by atoms with Gasteiger partial charge in [-0.1, -0.05) is 37.6 Å². The maximum Gasteiger partial charge on any atom is 0.188 e. The molecule has 0 unspecified atom stereocenters. The number of rotatable bonds is 7. The van der Waals surface area contributed by atoms with Crippen LogP contribution in [0.4, 0.5) is 0 Å². The van der Waals surface area contributed by atoms with Crippen LogP contribution < -0.4 is 11.1 Å². The van der Waals surface area contributed by atoms with E-state index in [4.69, 9.17) is 10.5 Å². The van der Waals surface area contributed by atoms with Crippen molar-refractivity contribution in [1.29, 1.82) is 0 Å². The molecule has 1 heterocycles. The number of guanidine groups is 1. The highest BCUT2D eigenvalue weighted by Gasteiger charge is 2.12. The van der Waals surface area contributed by atoms with Gasteiger partial charge in [-0.05, 0) is 17.5 Å². The van der Waals surface area contributed by atoms with Gasteiger partial charge in [-0.15, -0.1) is 0 Å². The molecule has 1 aromatic rings. The first-order chi connectivity index (χ1) is 10.8. The van der Waals surface area contributed by atoms with Crippen molar-refractivity contribution in [1.82, 2.24) is 10.2 Å². The number of nitrogens with zero attached hydrogens (tertiary/aromatic N) is 2. The van der Waals surface area contributed by atoms with Gasteiger partial charge in [0.15, 0.2) is 5.96 Å². The van der Waals surface area contributed by atoms with E-state index in [0.717, 1.165) is 52.2 Å². The largest absolute Gasteiger partial charge is 0.379 e. The Morgan fingerprint density at radius 3 is 2.73 bits per heavy atom. The van der Waals surface area contributed by atoms with Crippen LogP contribution in [0, 0.1) is 0 Å². The molecule has 0 spiro atoms. The Morgan fingerprint density at radius 2 is 2.00 bits per heavy atom. The van der Waals surface area contributed by atoms with Gasteiger partial charge in [-0.25, -0.2) is 4.99 Å². The smallest absolute Gasteiger partial charge is 0.188 e. The fraction of sp³-hybridized carbons (Fsp3) is 0.588. The molecule has 0 amide bonds. The van der Waals surface area contributed by atoms with Crippen molar-refractivity contribution in [2.45, 2.75) is 32.9 Å². The number of unbranched alkanes of at least 4 members (excludes halogenated alkanes) is 1. The minimum absolute atomic E-state index is 0.537. The van der Waals surface area contributed by atoms with Gasteiger partial charge in [-0.3, -0.25) is 4.90 Å². The third-order valence-electron chi connectivity index (χ3n) is 3.87. The van der Waals surface area contributed by atoms with Crippen molar-refractivity contribution in [2.75, 3.05) is 32.8 Å². The highest BCUT2D eigenvalue weighted by molar-refractivity contribution is 5.77. The van der Waals surface area contributed by atoms with E-state index in [1.807, 2.05) is 0 Å². The molecule has 1 aliphatic rings. The molecule has 1 aliphatic heterocycles. The van der Waals surface area contributed by atoms with Gasteiger partial charge in [0.05, 0.1) is 19.8 Å². The van der Waals surface area contributed by atoms with Crippen molar-refractivity contribution in [2.24, 2.45) is 10.7 Å². The van der Waals surface area contributed by atoms with E-state index < -0.39 is 0 Å². The fourth-order valence-electron chi connectivity index (χ4n) is 2.49. The molecule has 1 saturated heterocycles. The number of nitrogens with one attached hydrogen (secondary N) is 1. The monoisotopic (exact) mass is 304 g/mol. The summed E-state index contributed by atoms with van der Waals surface area (Å²) in [4.78, 5) is 6.89. The van der Waals surface area contributed by atoms with Crippen LogP contribution in [-0.4, -0.2) is 43.7 Å². The molecular formula is C17H28N4O.